The van der Waals surface area contributed by atoms with E-state index in [4.69, 9.17) is 5.73 Å². The second kappa shape index (κ2) is 5.21. The Balaban J connectivity index is 2.22. The van der Waals surface area contributed by atoms with Crippen LogP contribution in [0.1, 0.15) is 10.4 Å². The molecule has 2 rings (SSSR count). The van der Waals surface area contributed by atoms with E-state index in [-0.39, 0.29) is 11.7 Å². The lowest BCUT2D eigenvalue weighted by atomic mass is 10.2. The van der Waals surface area contributed by atoms with Gasteiger partial charge >= 0.3 is 0 Å². The van der Waals surface area contributed by atoms with Crippen molar-refractivity contribution in [3.05, 3.63) is 45.8 Å². The van der Waals surface area contributed by atoms with Gasteiger partial charge in [-0.2, -0.15) is 0 Å². The van der Waals surface area contributed by atoms with Crippen LogP contribution >= 0.6 is 22.6 Å². The number of benzene rings is 1. The summed E-state index contributed by atoms with van der Waals surface area (Å²) in [6, 6.07) is 6.32. The molecule has 0 atom stereocenters. The van der Waals surface area contributed by atoms with Crippen molar-refractivity contribution in [2.75, 3.05) is 11.1 Å². The van der Waals surface area contributed by atoms with Crippen LogP contribution in [0, 0.1) is 3.57 Å². The molecule has 0 aliphatic rings. The van der Waals surface area contributed by atoms with Gasteiger partial charge < -0.3 is 16.2 Å². The number of hydrogen-bond donors (Lipinski definition) is 3. The van der Waals surface area contributed by atoms with Crippen LogP contribution in [-0.4, -0.2) is 16.0 Å². The quantitative estimate of drug-likeness (QED) is 0.721. The van der Waals surface area contributed by atoms with E-state index in [2.05, 4.69) is 10.3 Å². The normalized spacial score (nSPS) is 10.1. The fourth-order valence-corrected chi connectivity index (χ4v) is 1.70. The fraction of sp³-hybridized carbons (Fsp3) is 0. The van der Waals surface area contributed by atoms with Gasteiger partial charge in [0.1, 0.15) is 5.75 Å². The summed E-state index contributed by atoms with van der Waals surface area (Å²) in [5.74, 6) is -0.259. The van der Waals surface area contributed by atoms with Crippen LogP contribution in [0.2, 0.25) is 0 Å². The SMILES string of the molecule is Nc1cnccc1NC(=O)c1ccc(I)c(O)c1. The number of carbonyl (C=O) groups excluding carboxylic acids is 1. The minimum atomic E-state index is -0.334. The van der Waals surface area contributed by atoms with Crippen molar-refractivity contribution in [2.45, 2.75) is 0 Å². The number of pyridine rings is 1. The molecular formula is C12H10IN3O2. The molecule has 1 heterocycles. The van der Waals surface area contributed by atoms with Crippen molar-refractivity contribution >= 4 is 39.9 Å². The molecule has 0 spiro atoms. The lowest BCUT2D eigenvalue weighted by Crippen LogP contribution is -2.13. The number of rotatable bonds is 2. The highest BCUT2D eigenvalue weighted by molar-refractivity contribution is 14.1. The number of carbonyl (C=O) groups is 1. The Labute approximate surface area is 117 Å². The Hall–Kier alpha value is -1.83. The maximum Gasteiger partial charge on any atom is 0.255 e. The van der Waals surface area contributed by atoms with Crippen molar-refractivity contribution in [2.24, 2.45) is 0 Å². The Morgan fingerprint density at radius 3 is 2.83 bits per heavy atom. The number of amides is 1. The molecule has 0 fully saturated rings. The van der Waals surface area contributed by atoms with E-state index in [1.807, 2.05) is 22.6 Å². The molecule has 0 saturated carbocycles. The molecule has 0 unspecified atom stereocenters. The number of hydrogen-bond acceptors (Lipinski definition) is 4. The van der Waals surface area contributed by atoms with Crippen LogP contribution in [-0.2, 0) is 0 Å². The Kier molecular flexibility index (Phi) is 3.66. The first-order chi connectivity index (χ1) is 8.58. The minimum Gasteiger partial charge on any atom is -0.507 e. The van der Waals surface area contributed by atoms with Crippen LogP contribution in [0.3, 0.4) is 0 Å². The molecule has 18 heavy (non-hydrogen) atoms. The van der Waals surface area contributed by atoms with Gasteiger partial charge in [0.15, 0.2) is 0 Å². The van der Waals surface area contributed by atoms with Crippen LogP contribution in [0.4, 0.5) is 11.4 Å². The van der Waals surface area contributed by atoms with Crippen molar-refractivity contribution in [1.82, 2.24) is 4.98 Å². The van der Waals surface area contributed by atoms with E-state index >= 15 is 0 Å². The first kappa shape index (κ1) is 12.6. The van der Waals surface area contributed by atoms with Gasteiger partial charge in [0, 0.05) is 11.8 Å². The number of nitrogens with zero attached hydrogens (tertiary/aromatic N) is 1. The first-order valence-corrected chi connectivity index (χ1v) is 6.15. The van der Waals surface area contributed by atoms with Crippen LogP contribution in [0.15, 0.2) is 36.7 Å². The van der Waals surface area contributed by atoms with Crippen molar-refractivity contribution in [3.63, 3.8) is 0 Å². The molecule has 0 radical (unpaired) electrons. The zero-order valence-electron chi connectivity index (χ0n) is 9.22. The van der Waals surface area contributed by atoms with Gasteiger partial charge in [0.05, 0.1) is 21.1 Å². The summed E-state index contributed by atoms with van der Waals surface area (Å²) >= 11 is 1.98. The molecule has 1 aromatic carbocycles. The summed E-state index contributed by atoms with van der Waals surface area (Å²) in [5, 5.41) is 12.2. The molecule has 1 amide bonds. The van der Waals surface area contributed by atoms with Crippen LogP contribution in [0.25, 0.3) is 0 Å². The largest absolute Gasteiger partial charge is 0.507 e. The number of halogens is 1. The molecular weight excluding hydrogens is 345 g/mol. The van der Waals surface area contributed by atoms with Crippen molar-refractivity contribution in [3.8, 4) is 5.75 Å². The average Bonchev–Trinajstić information content (AvgIpc) is 2.35. The number of phenolic OH excluding ortho intramolecular Hbond substituents is 1. The highest BCUT2D eigenvalue weighted by Crippen LogP contribution is 2.22. The Bertz CT molecular complexity index is 602. The number of aromatic hydroxyl groups is 1. The third-order valence-electron chi connectivity index (χ3n) is 2.31. The summed E-state index contributed by atoms with van der Waals surface area (Å²) in [4.78, 5) is 15.8. The van der Waals surface area contributed by atoms with E-state index in [0.717, 1.165) is 0 Å². The number of phenols is 1. The summed E-state index contributed by atoms with van der Waals surface area (Å²) in [6.07, 6.45) is 3.00. The van der Waals surface area contributed by atoms with Gasteiger partial charge in [-0.25, -0.2) is 0 Å². The molecule has 6 heteroatoms. The molecule has 5 nitrogen and oxygen atoms in total. The third kappa shape index (κ3) is 2.70. The first-order valence-electron chi connectivity index (χ1n) is 5.07. The number of anilines is 2. The topological polar surface area (TPSA) is 88.2 Å². The zero-order chi connectivity index (χ0) is 13.1. The predicted molar refractivity (Wildman–Crippen MR) is 77.4 cm³/mol. The van der Waals surface area contributed by atoms with Crippen molar-refractivity contribution < 1.29 is 9.90 Å². The Morgan fingerprint density at radius 2 is 2.17 bits per heavy atom. The number of nitrogens with two attached hydrogens (primary N) is 1. The van der Waals surface area contributed by atoms with Gasteiger partial charge in [-0.3, -0.25) is 9.78 Å². The smallest absolute Gasteiger partial charge is 0.255 e. The van der Waals surface area contributed by atoms with Gasteiger partial charge in [0.25, 0.3) is 5.91 Å². The molecule has 2 aromatic rings. The van der Waals surface area contributed by atoms with Crippen LogP contribution < -0.4 is 11.1 Å². The zero-order valence-corrected chi connectivity index (χ0v) is 11.4. The van der Waals surface area contributed by atoms with Crippen LogP contribution in [0.5, 0.6) is 5.75 Å². The average molecular weight is 355 g/mol. The number of nitrogen functional groups attached to an aromatic ring is 1. The van der Waals surface area contributed by atoms with Gasteiger partial charge in [-0.05, 0) is 46.9 Å². The fourth-order valence-electron chi connectivity index (χ4n) is 1.37. The highest BCUT2D eigenvalue weighted by Gasteiger charge is 2.09. The second-order valence-corrected chi connectivity index (χ2v) is 4.75. The van der Waals surface area contributed by atoms with E-state index < -0.39 is 0 Å². The molecule has 0 saturated heterocycles. The van der Waals surface area contributed by atoms with Crippen molar-refractivity contribution in [1.29, 1.82) is 0 Å². The lowest BCUT2D eigenvalue weighted by molar-refractivity contribution is 0.102. The maximum atomic E-state index is 11.9. The minimum absolute atomic E-state index is 0.0750. The van der Waals surface area contributed by atoms with Gasteiger partial charge in [-0.1, -0.05) is 0 Å². The molecule has 92 valence electrons. The molecule has 0 aliphatic heterocycles. The summed E-state index contributed by atoms with van der Waals surface area (Å²) in [5.41, 5.74) is 6.92. The van der Waals surface area contributed by atoms with E-state index in [9.17, 15) is 9.90 Å². The summed E-state index contributed by atoms with van der Waals surface area (Å²) in [7, 11) is 0. The highest BCUT2D eigenvalue weighted by atomic mass is 127. The van der Waals surface area contributed by atoms with E-state index in [1.165, 1.54) is 18.5 Å². The molecule has 1 aromatic heterocycles. The Morgan fingerprint density at radius 1 is 1.39 bits per heavy atom. The van der Waals surface area contributed by atoms with Gasteiger partial charge in [-0.15, -0.1) is 0 Å². The molecule has 0 bridgehead atoms. The number of aromatic nitrogens is 1. The van der Waals surface area contributed by atoms with Gasteiger partial charge in [0.2, 0.25) is 0 Å². The molecule has 0 aliphatic carbocycles. The summed E-state index contributed by atoms with van der Waals surface area (Å²) in [6.45, 7) is 0. The lowest BCUT2D eigenvalue weighted by Gasteiger charge is -2.08. The standard InChI is InChI=1S/C12H10IN3O2/c13-8-2-1-7(5-11(8)17)12(18)16-10-3-4-15-6-9(10)14/h1-6,17H,14H2,(H,15,16,18). The maximum absolute atomic E-state index is 11.9. The predicted octanol–water partition coefficient (Wildman–Crippen LogP) is 2.23. The van der Waals surface area contributed by atoms with E-state index in [1.54, 1.807) is 18.2 Å². The third-order valence-corrected chi connectivity index (χ3v) is 3.22. The molecule has 4 N–H and O–H groups in total. The van der Waals surface area contributed by atoms with E-state index in [0.29, 0.717) is 20.5 Å². The second-order valence-electron chi connectivity index (χ2n) is 3.58. The summed E-state index contributed by atoms with van der Waals surface area (Å²) < 4.78 is 0.688. The monoisotopic (exact) mass is 355 g/mol. The number of nitrogens with one attached hydrogen (secondary N) is 1.